The van der Waals surface area contributed by atoms with Crippen LogP contribution in [-0.4, -0.2) is 59.3 Å². The summed E-state index contributed by atoms with van der Waals surface area (Å²) in [5, 5.41) is 2.87. The molecule has 1 amide bonds. The maximum atomic E-state index is 12.4. The van der Waals surface area contributed by atoms with Crippen molar-refractivity contribution in [1.82, 2.24) is 19.8 Å². The number of rotatable bonds is 9. The Balaban J connectivity index is 1.41. The molecule has 2 aromatic rings. The van der Waals surface area contributed by atoms with Crippen molar-refractivity contribution < 1.29 is 22.7 Å². The van der Waals surface area contributed by atoms with E-state index in [4.69, 9.17) is 4.74 Å². The Bertz CT molecular complexity index is 1010. The van der Waals surface area contributed by atoms with E-state index in [0.717, 1.165) is 50.2 Å². The molecule has 33 heavy (non-hydrogen) atoms. The predicted molar refractivity (Wildman–Crippen MR) is 118 cm³/mol. The van der Waals surface area contributed by atoms with Crippen LogP contribution in [0.1, 0.15) is 41.5 Å². The van der Waals surface area contributed by atoms with Gasteiger partial charge in [0.25, 0.3) is 11.5 Å². The average Bonchev–Trinajstić information content (AvgIpc) is 2.98. The lowest BCUT2D eigenvalue weighted by Gasteiger charge is -2.19. The third kappa shape index (κ3) is 7.31. The SMILES string of the molecule is CCn1c(C(=O)NCCCCN2CCc3ccc(OCC(F)(F)F)nc3CC2)cccc1=O. The van der Waals surface area contributed by atoms with E-state index >= 15 is 0 Å². The number of ether oxygens (including phenoxy) is 1. The fourth-order valence-electron chi connectivity index (χ4n) is 3.87. The maximum Gasteiger partial charge on any atom is 0.422 e. The molecule has 3 heterocycles. The largest absolute Gasteiger partial charge is 0.468 e. The molecule has 1 aliphatic rings. The first-order valence-electron chi connectivity index (χ1n) is 11.2. The fourth-order valence-corrected chi connectivity index (χ4v) is 3.87. The first kappa shape index (κ1) is 24.8. The van der Waals surface area contributed by atoms with Gasteiger partial charge in [-0.3, -0.25) is 9.59 Å². The number of unbranched alkanes of at least 4 members (excludes halogenated alkanes) is 1. The van der Waals surface area contributed by atoms with Crippen LogP contribution in [0, 0.1) is 0 Å². The van der Waals surface area contributed by atoms with Gasteiger partial charge in [0.05, 0.1) is 0 Å². The van der Waals surface area contributed by atoms with Crippen molar-refractivity contribution in [1.29, 1.82) is 0 Å². The number of halogens is 3. The summed E-state index contributed by atoms with van der Waals surface area (Å²) < 4.78 is 43.3. The van der Waals surface area contributed by atoms with E-state index < -0.39 is 12.8 Å². The number of fused-ring (bicyclic) bond motifs is 1. The molecule has 0 atom stereocenters. The van der Waals surface area contributed by atoms with Gasteiger partial charge in [0.15, 0.2) is 6.61 Å². The van der Waals surface area contributed by atoms with Crippen LogP contribution >= 0.6 is 0 Å². The number of nitrogens with one attached hydrogen (secondary N) is 1. The Morgan fingerprint density at radius 2 is 1.94 bits per heavy atom. The monoisotopic (exact) mass is 466 g/mol. The first-order valence-corrected chi connectivity index (χ1v) is 11.2. The minimum Gasteiger partial charge on any atom is -0.468 e. The maximum absolute atomic E-state index is 12.4. The van der Waals surface area contributed by atoms with Gasteiger partial charge in [-0.1, -0.05) is 12.1 Å². The lowest BCUT2D eigenvalue weighted by atomic mass is 10.1. The van der Waals surface area contributed by atoms with E-state index in [-0.39, 0.29) is 17.3 Å². The Hall–Kier alpha value is -2.88. The van der Waals surface area contributed by atoms with E-state index in [1.54, 1.807) is 18.2 Å². The van der Waals surface area contributed by atoms with Gasteiger partial charge in [0, 0.05) is 50.4 Å². The van der Waals surface area contributed by atoms with Crippen molar-refractivity contribution in [2.24, 2.45) is 0 Å². The Morgan fingerprint density at radius 3 is 2.70 bits per heavy atom. The number of carbonyl (C=O) groups excluding carboxylic acids is 1. The third-order valence-corrected chi connectivity index (χ3v) is 5.57. The summed E-state index contributed by atoms with van der Waals surface area (Å²) in [6.07, 6.45) is -1.27. The quantitative estimate of drug-likeness (QED) is 0.576. The molecule has 1 N–H and O–H groups in total. The van der Waals surface area contributed by atoms with Crippen LogP contribution in [0.25, 0.3) is 0 Å². The molecule has 0 spiro atoms. The van der Waals surface area contributed by atoms with E-state index in [9.17, 15) is 22.8 Å². The number of aromatic nitrogens is 2. The summed E-state index contributed by atoms with van der Waals surface area (Å²) in [5.41, 5.74) is 1.99. The highest BCUT2D eigenvalue weighted by molar-refractivity contribution is 5.92. The van der Waals surface area contributed by atoms with Crippen LogP contribution in [0.15, 0.2) is 35.1 Å². The van der Waals surface area contributed by atoms with Gasteiger partial charge in [-0.15, -0.1) is 0 Å². The molecule has 0 fully saturated rings. The summed E-state index contributed by atoms with van der Waals surface area (Å²) in [5.74, 6) is -0.253. The minimum atomic E-state index is -4.39. The standard InChI is InChI=1S/C23H29F3N4O3/c1-2-30-19(6-5-7-21(30)31)22(32)27-12-3-4-13-29-14-10-17-8-9-20(28-18(17)11-15-29)33-16-23(24,25)26/h5-9H,2-4,10-16H2,1H3,(H,27,32). The lowest BCUT2D eigenvalue weighted by molar-refractivity contribution is -0.154. The zero-order valence-electron chi connectivity index (χ0n) is 18.7. The van der Waals surface area contributed by atoms with Crippen LogP contribution in [-0.2, 0) is 19.4 Å². The summed E-state index contributed by atoms with van der Waals surface area (Å²) in [6, 6.07) is 7.95. The van der Waals surface area contributed by atoms with Gasteiger partial charge in [0.1, 0.15) is 5.69 Å². The molecule has 0 radical (unpaired) electrons. The van der Waals surface area contributed by atoms with Crippen LogP contribution in [0.4, 0.5) is 13.2 Å². The van der Waals surface area contributed by atoms with Crippen molar-refractivity contribution in [2.75, 3.05) is 32.8 Å². The number of alkyl halides is 3. The second-order valence-electron chi connectivity index (χ2n) is 7.96. The van der Waals surface area contributed by atoms with Gasteiger partial charge in [-0.25, -0.2) is 4.98 Å². The smallest absolute Gasteiger partial charge is 0.422 e. The molecule has 0 bridgehead atoms. The van der Waals surface area contributed by atoms with Crippen LogP contribution < -0.4 is 15.6 Å². The van der Waals surface area contributed by atoms with E-state index in [2.05, 4.69) is 15.2 Å². The second-order valence-corrected chi connectivity index (χ2v) is 7.96. The predicted octanol–water partition coefficient (Wildman–Crippen LogP) is 2.82. The topological polar surface area (TPSA) is 76.5 Å². The highest BCUT2D eigenvalue weighted by atomic mass is 19.4. The number of nitrogens with zero attached hydrogens (tertiary/aromatic N) is 3. The van der Waals surface area contributed by atoms with Crippen molar-refractivity contribution >= 4 is 5.91 Å². The number of carbonyl (C=O) groups is 1. The van der Waals surface area contributed by atoms with Gasteiger partial charge in [0.2, 0.25) is 5.88 Å². The van der Waals surface area contributed by atoms with Gasteiger partial charge in [-0.2, -0.15) is 13.2 Å². The molecule has 0 aliphatic carbocycles. The molecule has 0 saturated carbocycles. The molecule has 7 nitrogen and oxygen atoms in total. The van der Waals surface area contributed by atoms with Crippen LogP contribution in [0.2, 0.25) is 0 Å². The summed E-state index contributed by atoms with van der Waals surface area (Å²) >= 11 is 0. The molecule has 180 valence electrons. The fraction of sp³-hybridized carbons (Fsp3) is 0.522. The van der Waals surface area contributed by atoms with Gasteiger partial charge >= 0.3 is 6.18 Å². The second kappa shape index (κ2) is 11.3. The molecule has 1 aliphatic heterocycles. The number of hydrogen-bond donors (Lipinski definition) is 1. The number of amides is 1. The molecule has 10 heteroatoms. The number of hydrogen-bond acceptors (Lipinski definition) is 5. The first-order chi connectivity index (χ1) is 15.8. The van der Waals surface area contributed by atoms with Crippen molar-refractivity contribution in [3.8, 4) is 5.88 Å². The molecule has 0 saturated heterocycles. The van der Waals surface area contributed by atoms with Crippen molar-refractivity contribution in [3.63, 3.8) is 0 Å². The summed E-state index contributed by atoms with van der Waals surface area (Å²) in [7, 11) is 0. The number of pyridine rings is 2. The molecular formula is C23H29F3N4O3. The third-order valence-electron chi connectivity index (χ3n) is 5.57. The Morgan fingerprint density at radius 1 is 1.15 bits per heavy atom. The molecular weight excluding hydrogens is 437 g/mol. The molecule has 3 rings (SSSR count). The van der Waals surface area contributed by atoms with E-state index in [1.807, 2.05) is 6.92 Å². The molecule has 2 aromatic heterocycles. The van der Waals surface area contributed by atoms with Crippen LogP contribution in [0.3, 0.4) is 0 Å². The zero-order chi connectivity index (χ0) is 23.8. The zero-order valence-corrected chi connectivity index (χ0v) is 18.7. The van der Waals surface area contributed by atoms with Crippen molar-refractivity contribution in [3.05, 3.63) is 57.6 Å². The lowest BCUT2D eigenvalue weighted by Crippen LogP contribution is -2.32. The molecule has 0 aromatic carbocycles. The van der Waals surface area contributed by atoms with E-state index in [1.165, 1.54) is 16.7 Å². The average molecular weight is 467 g/mol. The van der Waals surface area contributed by atoms with Gasteiger partial charge < -0.3 is 19.5 Å². The normalized spacial score (nSPS) is 14.4. The Kier molecular flexibility index (Phi) is 8.49. The van der Waals surface area contributed by atoms with Crippen LogP contribution in [0.5, 0.6) is 5.88 Å². The van der Waals surface area contributed by atoms with Gasteiger partial charge in [-0.05, 0) is 44.4 Å². The Labute approximate surface area is 190 Å². The molecule has 0 unspecified atom stereocenters. The van der Waals surface area contributed by atoms with Crippen molar-refractivity contribution in [2.45, 2.75) is 45.3 Å². The highest BCUT2D eigenvalue weighted by Crippen LogP contribution is 2.21. The summed E-state index contributed by atoms with van der Waals surface area (Å²) in [6.45, 7) is 3.89. The minimum absolute atomic E-state index is 0.00202. The summed E-state index contributed by atoms with van der Waals surface area (Å²) in [4.78, 5) is 30.8. The van der Waals surface area contributed by atoms with E-state index in [0.29, 0.717) is 25.2 Å². The highest BCUT2D eigenvalue weighted by Gasteiger charge is 2.29.